The lowest BCUT2D eigenvalue weighted by molar-refractivity contribution is 0.707. The smallest absolute Gasteiger partial charge is 0.244 e. The Balaban J connectivity index is 2.30. The van der Waals surface area contributed by atoms with E-state index in [2.05, 4.69) is 4.98 Å². The Labute approximate surface area is 110 Å². The van der Waals surface area contributed by atoms with Crippen LogP contribution in [0.3, 0.4) is 0 Å². The average Bonchev–Trinajstić information content (AvgIpc) is 2.75. The first-order chi connectivity index (χ1) is 9.27. The highest BCUT2D eigenvalue weighted by molar-refractivity contribution is 5.36. The predicted molar refractivity (Wildman–Crippen MR) is 73.9 cm³/mol. The molecule has 3 aromatic rings. The van der Waals surface area contributed by atoms with Crippen molar-refractivity contribution in [3.05, 3.63) is 77.0 Å². The summed E-state index contributed by atoms with van der Waals surface area (Å²) in [6.45, 7) is 1.83. The average molecular weight is 251 g/mol. The second-order valence-electron chi connectivity index (χ2n) is 4.24. The molecule has 94 valence electrons. The summed E-state index contributed by atoms with van der Waals surface area (Å²) in [6.07, 6.45) is 0. The Morgan fingerprint density at radius 2 is 1.26 bits per heavy atom. The Hall–Kier alpha value is -2.62. The molecule has 1 heterocycles. The zero-order chi connectivity index (χ0) is 13.2. The van der Waals surface area contributed by atoms with E-state index in [1.807, 2.05) is 72.3 Å². The molecule has 1 aromatic heterocycles. The molecule has 0 atom stereocenters. The van der Waals surface area contributed by atoms with Gasteiger partial charge in [-0.05, 0) is 31.2 Å². The molecule has 2 aromatic carbocycles. The van der Waals surface area contributed by atoms with E-state index in [9.17, 15) is 4.79 Å². The summed E-state index contributed by atoms with van der Waals surface area (Å²) in [6, 6.07) is 19.2. The standard InChI is InChI=1S/C15H13N3O/c1-12-16-15(19)18(14-10-6-3-7-11-14)17(12)13-8-4-2-5-9-13/h2-11H,1H3. The van der Waals surface area contributed by atoms with Crippen molar-refractivity contribution >= 4 is 0 Å². The van der Waals surface area contributed by atoms with Crippen LogP contribution < -0.4 is 5.69 Å². The molecule has 3 rings (SSSR count). The summed E-state index contributed by atoms with van der Waals surface area (Å²) in [7, 11) is 0. The molecule has 0 saturated carbocycles. The van der Waals surface area contributed by atoms with Crippen LogP contribution in [-0.2, 0) is 0 Å². The summed E-state index contributed by atoms with van der Waals surface area (Å²) in [5, 5.41) is 0. The molecule has 0 aliphatic heterocycles. The summed E-state index contributed by atoms with van der Waals surface area (Å²) < 4.78 is 3.39. The first-order valence-electron chi connectivity index (χ1n) is 6.07. The van der Waals surface area contributed by atoms with Crippen molar-refractivity contribution in [3.63, 3.8) is 0 Å². The maximum absolute atomic E-state index is 12.1. The van der Waals surface area contributed by atoms with Crippen LogP contribution in [0, 0.1) is 6.92 Å². The molecule has 19 heavy (non-hydrogen) atoms. The molecule has 4 heteroatoms. The van der Waals surface area contributed by atoms with E-state index in [0.29, 0.717) is 5.82 Å². The van der Waals surface area contributed by atoms with Crippen LogP contribution in [-0.4, -0.2) is 14.3 Å². The van der Waals surface area contributed by atoms with Crippen molar-refractivity contribution in [2.45, 2.75) is 6.92 Å². The molecule has 0 amide bonds. The van der Waals surface area contributed by atoms with Crippen LogP contribution in [0.2, 0.25) is 0 Å². The summed E-state index contributed by atoms with van der Waals surface area (Å²) in [5.74, 6) is 0.667. The Bertz CT molecular complexity index is 742. The number of rotatable bonds is 2. The second kappa shape index (κ2) is 4.57. The van der Waals surface area contributed by atoms with E-state index >= 15 is 0 Å². The van der Waals surface area contributed by atoms with Crippen molar-refractivity contribution in [3.8, 4) is 11.4 Å². The summed E-state index contributed by atoms with van der Waals surface area (Å²) in [4.78, 5) is 16.1. The van der Waals surface area contributed by atoms with Gasteiger partial charge in [0.05, 0.1) is 11.4 Å². The number of aryl methyl sites for hydroxylation is 1. The normalized spacial score (nSPS) is 10.6. The number of hydrogen-bond donors (Lipinski definition) is 0. The number of benzene rings is 2. The summed E-state index contributed by atoms with van der Waals surface area (Å²) in [5.41, 5.74) is 1.45. The zero-order valence-electron chi connectivity index (χ0n) is 10.5. The fourth-order valence-corrected chi connectivity index (χ4v) is 2.13. The minimum absolute atomic E-state index is 0.271. The highest BCUT2D eigenvalue weighted by atomic mass is 16.2. The van der Waals surface area contributed by atoms with Crippen LogP contribution in [0.25, 0.3) is 11.4 Å². The third-order valence-electron chi connectivity index (χ3n) is 2.95. The quantitative estimate of drug-likeness (QED) is 0.701. The lowest BCUT2D eigenvalue weighted by Gasteiger charge is -2.11. The SMILES string of the molecule is Cc1nc(=O)n(-c2ccccc2)n1-c1ccccc1. The van der Waals surface area contributed by atoms with Crippen LogP contribution in [0.15, 0.2) is 65.5 Å². The molecular weight excluding hydrogens is 238 g/mol. The molecule has 0 unspecified atom stereocenters. The van der Waals surface area contributed by atoms with E-state index in [0.717, 1.165) is 11.4 Å². The van der Waals surface area contributed by atoms with Gasteiger partial charge in [0.2, 0.25) is 0 Å². The van der Waals surface area contributed by atoms with Gasteiger partial charge < -0.3 is 0 Å². The molecule has 0 radical (unpaired) electrons. The van der Waals surface area contributed by atoms with Crippen molar-refractivity contribution in [1.29, 1.82) is 0 Å². The molecule has 0 fully saturated rings. The van der Waals surface area contributed by atoms with E-state index in [1.54, 1.807) is 4.68 Å². The van der Waals surface area contributed by atoms with Gasteiger partial charge in [-0.15, -0.1) is 0 Å². The number of nitrogens with zero attached hydrogens (tertiary/aromatic N) is 3. The first-order valence-corrected chi connectivity index (χ1v) is 6.07. The van der Waals surface area contributed by atoms with E-state index < -0.39 is 0 Å². The predicted octanol–water partition coefficient (Wildman–Crippen LogP) is 2.33. The molecule has 0 spiro atoms. The summed E-state index contributed by atoms with van der Waals surface area (Å²) >= 11 is 0. The Morgan fingerprint density at radius 1 is 0.789 bits per heavy atom. The molecule has 0 aliphatic rings. The largest absolute Gasteiger partial charge is 0.369 e. The van der Waals surface area contributed by atoms with Gasteiger partial charge in [-0.2, -0.15) is 9.67 Å². The monoisotopic (exact) mass is 251 g/mol. The minimum atomic E-state index is -0.271. The third kappa shape index (κ3) is 1.97. The van der Waals surface area contributed by atoms with E-state index in [4.69, 9.17) is 0 Å². The van der Waals surface area contributed by atoms with Gasteiger partial charge in [0.15, 0.2) is 0 Å². The van der Waals surface area contributed by atoms with Crippen LogP contribution in [0.5, 0.6) is 0 Å². The van der Waals surface area contributed by atoms with Gasteiger partial charge >= 0.3 is 5.69 Å². The molecule has 0 N–H and O–H groups in total. The number of aromatic nitrogens is 3. The van der Waals surface area contributed by atoms with Crippen LogP contribution in [0.4, 0.5) is 0 Å². The number of para-hydroxylation sites is 2. The second-order valence-corrected chi connectivity index (χ2v) is 4.24. The molecule has 0 bridgehead atoms. The van der Waals surface area contributed by atoms with Crippen molar-refractivity contribution in [2.24, 2.45) is 0 Å². The van der Waals surface area contributed by atoms with E-state index in [-0.39, 0.29) is 5.69 Å². The highest BCUT2D eigenvalue weighted by Gasteiger charge is 2.12. The van der Waals surface area contributed by atoms with Gasteiger partial charge in [-0.1, -0.05) is 36.4 Å². The Kier molecular flexibility index (Phi) is 2.76. The van der Waals surface area contributed by atoms with Crippen molar-refractivity contribution < 1.29 is 0 Å². The van der Waals surface area contributed by atoms with Crippen molar-refractivity contribution in [1.82, 2.24) is 14.3 Å². The lowest BCUT2D eigenvalue weighted by atomic mass is 10.3. The zero-order valence-corrected chi connectivity index (χ0v) is 10.5. The minimum Gasteiger partial charge on any atom is -0.244 e. The third-order valence-corrected chi connectivity index (χ3v) is 2.95. The first kappa shape index (κ1) is 11.5. The molecule has 0 saturated heterocycles. The maximum atomic E-state index is 12.1. The molecule has 0 aliphatic carbocycles. The van der Waals surface area contributed by atoms with Crippen LogP contribution in [0.1, 0.15) is 5.82 Å². The highest BCUT2D eigenvalue weighted by Crippen LogP contribution is 2.12. The van der Waals surface area contributed by atoms with Gasteiger partial charge in [-0.25, -0.2) is 9.48 Å². The van der Waals surface area contributed by atoms with Gasteiger partial charge in [0.25, 0.3) is 0 Å². The fourth-order valence-electron chi connectivity index (χ4n) is 2.13. The maximum Gasteiger partial charge on any atom is 0.369 e. The van der Waals surface area contributed by atoms with Crippen LogP contribution >= 0.6 is 0 Å². The van der Waals surface area contributed by atoms with E-state index in [1.165, 1.54) is 0 Å². The van der Waals surface area contributed by atoms with Gasteiger partial charge in [0.1, 0.15) is 5.82 Å². The van der Waals surface area contributed by atoms with Crippen molar-refractivity contribution in [2.75, 3.05) is 0 Å². The topological polar surface area (TPSA) is 39.8 Å². The van der Waals surface area contributed by atoms with Gasteiger partial charge in [0, 0.05) is 0 Å². The molecular formula is C15H13N3O. The van der Waals surface area contributed by atoms with Gasteiger partial charge in [-0.3, -0.25) is 0 Å². The lowest BCUT2D eigenvalue weighted by Crippen LogP contribution is -2.21. The number of hydrogen-bond acceptors (Lipinski definition) is 2. The molecule has 4 nitrogen and oxygen atoms in total. The Morgan fingerprint density at radius 3 is 1.79 bits per heavy atom. The fraction of sp³-hybridized carbons (Fsp3) is 0.0667.